The molecule has 0 aromatic heterocycles. The number of halogens is 1. The summed E-state index contributed by atoms with van der Waals surface area (Å²) in [6.45, 7) is 8.69. The standard InChI is InChI=1S/C14H20ClNO2/c1-5-18-14(17)11(4)16-8-13-9(2)6-12(15)7-10(13)3/h6-7,11,16H,5,8H2,1-4H3. The van der Waals surface area contributed by atoms with Crippen LogP contribution in [0.25, 0.3) is 0 Å². The van der Waals surface area contributed by atoms with E-state index in [1.807, 2.05) is 26.0 Å². The van der Waals surface area contributed by atoms with Crippen molar-refractivity contribution in [2.75, 3.05) is 6.61 Å². The van der Waals surface area contributed by atoms with Gasteiger partial charge in [-0.2, -0.15) is 0 Å². The van der Waals surface area contributed by atoms with Gasteiger partial charge >= 0.3 is 5.97 Å². The Morgan fingerprint density at radius 3 is 2.44 bits per heavy atom. The maximum atomic E-state index is 11.5. The van der Waals surface area contributed by atoms with Crippen molar-refractivity contribution in [1.82, 2.24) is 5.32 Å². The van der Waals surface area contributed by atoms with Gasteiger partial charge in [0.05, 0.1) is 6.61 Å². The summed E-state index contributed by atoms with van der Waals surface area (Å²) in [4.78, 5) is 11.5. The van der Waals surface area contributed by atoms with Crippen LogP contribution >= 0.6 is 11.6 Å². The molecule has 4 heteroatoms. The second-order valence-corrected chi connectivity index (χ2v) is 4.81. The molecule has 0 saturated carbocycles. The molecule has 18 heavy (non-hydrogen) atoms. The van der Waals surface area contributed by atoms with Crippen LogP contribution in [0.5, 0.6) is 0 Å². The fourth-order valence-corrected chi connectivity index (χ4v) is 2.15. The van der Waals surface area contributed by atoms with Crippen molar-refractivity contribution in [3.63, 3.8) is 0 Å². The Labute approximate surface area is 113 Å². The predicted molar refractivity (Wildman–Crippen MR) is 73.9 cm³/mol. The molecule has 1 aromatic rings. The summed E-state index contributed by atoms with van der Waals surface area (Å²) in [5.41, 5.74) is 3.43. The van der Waals surface area contributed by atoms with E-state index in [0.717, 1.165) is 16.1 Å². The maximum Gasteiger partial charge on any atom is 0.322 e. The molecular formula is C14H20ClNO2. The highest BCUT2D eigenvalue weighted by Gasteiger charge is 2.14. The largest absolute Gasteiger partial charge is 0.465 e. The Morgan fingerprint density at radius 2 is 1.94 bits per heavy atom. The van der Waals surface area contributed by atoms with Crippen LogP contribution in [0.3, 0.4) is 0 Å². The van der Waals surface area contributed by atoms with Crippen LogP contribution < -0.4 is 5.32 Å². The number of aryl methyl sites for hydroxylation is 2. The summed E-state index contributed by atoms with van der Waals surface area (Å²) < 4.78 is 4.95. The first kappa shape index (κ1) is 15.0. The minimum absolute atomic E-state index is 0.221. The third-order valence-corrected chi connectivity index (χ3v) is 3.10. The van der Waals surface area contributed by atoms with Gasteiger partial charge in [-0.3, -0.25) is 4.79 Å². The third kappa shape index (κ3) is 4.00. The molecule has 1 unspecified atom stereocenters. The Hall–Kier alpha value is -1.06. The van der Waals surface area contributed by atoms with Crippen molar-refractivity contribution in [2.45, 2.75) is 40.3 Å². The minimum atomic E-state index is -0.306. The number of carbonyl (C=O) groups excluding carboxylic acids is 1. The summed E-state index contributed by atoms with van der Waals surface area (Å²) in [6.07, 6.45) is 0. The van der Waals surface area contributed by atoms with Crippen LogP contribution in [0.2, 0.25) is 5.02 Å². The second kappa shape index (κ2) is 6.76. The Bertz CT molecular complexity index is 409. The number of carbonyl (C=O) groups is 1. The van der Waals surface area contributed by atoms with Crippen LogP contribution in [0.1, 0.15) is 30.5 Å². The van der Waals surface area contributed by atoms with Crippen molar-refractivity contribution in [2.24, 2.45) is 0 Å². The third-order valence-electron chi connectivity index (χ3n) is 2.89. The van der Waals surface area contributed by atoms with Crippen LogP contribution in [-0.4, -0.2) is 18.6 Å². The fourth-order valence-electron chi connectivity index (χ4n) is 1.83. The van der Waals surface area contributed by atoms with Gasteiger partial charge in [-0.1, -0.05) is 11.6 Å². The lowest BCUT2D eigenvalue weighted by atomic mass is 10.0. The van der Waals surface area contributed by atoms with Crippen LogP contribution in [0, 0.1) is 13.8 Å². The summed E-state index contributed by atoms with van der Waals surface area (Å²) in [7, 11) is 0. The molecule has 100 valence electrons. The molecule has 0 aliphatic rings. The maximum absolute atomic E-state index is 11.5. The Balaban J connectivity index is 2.66. The molecule has 0 fully saturated rings. The number of rotatable bonds is 5. The molecule has 0 aliphatic carbocycles. The summed E-state index contributed by atoms with van der Waals surface area (Å²) in [5.74, 6) is -0.221. The number of nitrogens with one attached hydrogen (secondary N) is 1. The molecule has 0 saturated heterocycles. The predicted octanol–water partition coefficient (Wildman–Crippen LogP) is 3.00. The van der Waals surface area contributed by atoms with E-state index in [0.29, 0.717) is 13.2 Å². The molecule has 1 atom stereocenters. The van der Waals surface area contributed by atoms with Crippen molar-refractivity contribution >= 4 is 17.6 Å². The number of hydrogen-bond donors (Lipinski definition) is 1. The molecule has 0 heterocycles. The van der Waals surface area contributed by atoms with Gasteiger partial charge in [0.2, 0.25) is 0 Å². The van der Waals surface area contributed by atoms with Crippen molar-refractivity contribution < 1.29 is 9.53 Å². The van der Waals surface area contributed by atoms with E-state index >= 15 is 0 Å². The van der Waals surface area contributed by atoms with E-state index in [4.69, 9.17) is 16.3 Å². The van der Waals surface area contributed by atoms with Gasteiger partial charge in [0, 0.05) is 11.6 Å². The lowest BCUT2D eigenvalue weighted by Crippen LogP contribution is -2.35. The average molecular weight is 270 g/mol. The average Bonchev–Trinajstić information content (AvgIpc) is 2.27. The Kier molecular flexibility index (Phi) is 5.63. The molecule has 1 aromatic carbocycles. The van der Waals surface area contributed by atoms with E-state index in [1.54, 1.807) is 13.8 Å². The smallest absolute Gasteiger partial charge is 0.322 e. The zero-order valence-electron chi connectivity index (χ0n) is 11.3. The number of esters is 1. The first-order chi connectivity index (χ1) is 8.45. The molecule has 1 N–H and O–H groups in total. The van der Waals surface area contributed by atoms with Gasteiger partial charge in [0.15, 0.2) is 0 Å². The van der Waals surface area contributed by atoms with E-state index in [1.165, 1.54) is 5.56 Å². The summed E-state index contributed by atoms with van der Waals surface area (Å²) in [5, 5.41) is 3.91. The second-order valence-electron chi connectivity index (χ2n) is 4.37. The molecule has 1 rings (SSSR count). The van der Waals surface area contributed by atoms with Crippen LogP contribution in [0.15, 0.2) is 12.1 Å². The van der Waals surface area contributed by atoms with E-state index in [-0.39, 0.29) is 12.0 Å². The highest BCUT2D eigenvalue weighted by Crippen LogP contribution is 2.20. The molecule has 0 bridgehead atoms. The zero-order valence-corrected chi connectivity index (χ0v) is 12.1. The monoisotopic (exact) mass is 269 g/mol. The van der Waals surface area contributed by atoms with Crippen LogP contribution in [-0.2, 0) is 16.1 Å². The molecule has 0 aliphatic heterocycles. The molecule has 0 amide bonds. The number of hydrogen-bond acceptors (Lipinski definition) is 3. The lowest BCUT2D eigenvalue weighted by molar-refractivity contribution is -0.145. The first-order valence-corrected chi connectivity index (χ1v) is 6.49. The van der Waals surface area contributed by atoms with Crippen molar-refractivity contribution in [1.29, 1.82) is 0 Å². The molecular weight excluding hydrogens is 250 g/mol. The zero-order chi connectivity index (χ0) is 13.7. The quantitative estimate of drug-likeness (QED) is 0.835. The van der Waals surface area contributed by atoms with Crippen molar-refractivity contribution in [3.05, 3.63) is 33.8 Å². The SMILES string of the molecule is CCOC(=O)C(C)NCc1c(C)cc(Cl)cc1C. The van der Waals surface area contributed by atoms with Gasteiger partial charge in [-0.05, 0) is 56.5 Å². The first-order valence-electron chi connectivity index (χ1n) is 6.11. The normalized spacial score (nSPS) is 12.3. The summed E-state index contributed by atoms with van der Waals surface area (Å²) in [6, 6.07) is 3.56. The lowest BCUT2D eigenvalue weighted by Gasteiger charge is -2.15. The number of benzene rings is 1. The molecule has 0 spiro atoms. The van der Waals surface area contributed by atoms with Gasteiger partial charge in [0.25, 0.3) is 0 Å². The Morgan fingerprint density at radius 1 is 1.39 bits per heavy atom. The molecule has 0 radical (unpaired) electrons. The summed E-state index contributed by atoms with van der Waals surface area (Å²) >= 11 is 5.98. The van der Waals surface area contributed by atoms with Crippen LogP contribution in [0.4, 0.5) is 0 Å². The highest BCUT2D eigenvalue weighted by atomic mass is 35.5. The fraction of sp³-hybridized carbons (Fsp3) is 0.500. The van der Waals surface area contributed by atoms with Gasteiger partial charge in [-0.15, -0.1) is 0 Å². The minimum Gasteiger partial charge on any atom is -0.465 e. The highest BCUT2D eigenvalue weighted by molar-refractivity contribution is 6.30. The van der Waals surface area contributed by atoms with Gasteiger partial charge in [-0.25, -0.2) is 0 Å². The van der Waals surface area contributed by atoms with E-state index < -0.39 is 0 Å². The van der Waals surface area contributed by atoms with E-state index in [2.05, 4.69) is 5.32 Å². The van der Waals surface area contributed by atoms with Gasteiger partial charge in [0.1, 0.15) is 6.04 Å². The van der Waals surface area contributed by atoms with E-state index in [9.17, 15) is 4.79 Å². The number of ether oxygens (including phenoxy) is 1. The van der Waals surface area contributed by atoms with Crippen molar-refractivity contribution in [3.8, 4) is 0 Å². The van der Waals surface area contributed by atoms with Gasteiger partial charge < -0.3 is 10.1 Å². The molecule has 3 nitrogen and oxygen atoms in total. The topological polar surface area (TPSA) is 38.3 Å².